The Kier molecular flexibility index (Phi) is 16.9. The second-order valence-corrected chi connectivity index (χ2v) is 6.84. The summed E-state index contributed by atoms with van der Waals surface area (Å²) in [6, 6.07) is 6.12. The lowest BCUT2D eigenvalue weighted by atomic mass is 10.0. The Balaban J connectivity index is 0.00000784. The van der Waals surface area contributed by atoms with Crippen molar-refractivity contribution in [2.45, 2.75) is 52.9 Å². The lowest BCUT2D eigenvalue weighted by molar-refractivity contribution is 0.253. The van der Waals surface area contributed by atoms with Crippen LogP contribution in [0.25, 0.3) is 0 Å². The minimum atomic E-state index is 0. The molecule has 0 heterocycles. The number of nitrogens with one attached hydrogen (secondary N) is 2. The molecule has 0 saturated carbocycles. The number of guanidine groups is 1. The van der Waals surface area contributed by atoms with Crippen LogP contribution in [0.5, 0.6) is 11.5 Å². The number of rotatable bonds is 14. The zero-order valence-corrected chi connectivity index (χ0v) is 20.8. The zero-order valence-electron chi connectivity index (χ0n) is 18.5. The third-order valence-corrected chi connectivity index (χ3v) is 4.55. The van der Waals surface area contributed by atoms with E-state index >= 15 is 0 Å². The summed E-state index contributed by atoms with van der Waals surface area (Å²) in [5.41, 5.74) is 1.24. The van der Waals surface area contributed by atoms with Gasteiger partial charge in [0.2, 0.25) is 0 Å². The molecule has 1 aromatic carbocycles. The number of methoxy groups -OCH3 is 1. The normalized spacial score (nSPS) is 12.1. The summed E-state index contributed by atoms with van der Waals surface area (Å²) in [5, 5.41) is 15.9. The van der Waals surface area contributed by atoms with E-state index < -0.39 is 0 Å². The molecule has 1 atom stereocenters. The summed E-state index contributed by atoms with van der Waals surface area (Å²) in [5.74, 6) is 2.87. The summed E-state index contributed by atoms with van der Waals surface area (Å²) in [4.78, 5) is 4.70. The van der Waals surface area contributed by atoms with Crippen LogP contribution in [-0.2, 0) is 6.42 Å². The first-order chi connectivity index (χ1) is 13.7. The number of aliphatic hydroxyl groups is 1. The van der Waals surface area contributed by atoms with Gasteiger partial charge in [0.25, 0.3) is 0 Å². The minimum absolute atomic E-state index is 0. The summed E-state index contributed by atoms with van der Waals surface area (Å²) >= 11 is 0. The van der Waals surface area contributed by atoms with E-state index in [9.17, 15) is 5.11 Å². The van der Waals surface area contributed by atoms with Crippen molar-refractivity contribution in [3.63, 3.8) is 0 Å². The van der Waals surface area contributed by atoms with Gasteiger partial charge in [-0.3, -0.25) is 4.99 Å². The Labute approximate surface area is 193 Å². The fourth-order valence-electron chi connectivity index (χ4n) is 3.12. The SMILES string of the molecule is CCCC(CCO)CN=C(NCC)NCCCc1ccc(OC)c(OCC)c1.I. The maximum atomic E-state index is 9.20. The third-order valence-electron chi connectivity index (χ3n) is 4.55. The largest absolute Gasteiger partial charge is 0.493 e. The number of hydrogen-bond acceptors (Lipinski definition) is 4. The van der Waals surface area contributed by atoms with Gasteiger partial charge in [0.05, 0.1) is 13.7 Å². The Morgan fingerprint density at radius 2 is 1.93 bits per heavy atom. The van der Waals surface area contributed by atoms with Gasteiger partial charge >= 0.3 is 0 Å². The molecule has 6 nitrogen and oxygen atoms in total. The van der Waals surface area contributed by atoms with Gasteiger partial charge in [-0.1, -0.05) is 19.4 Å². The van der Waals surface area contributed by atoms with E-state index in [0.717, 1.165) is 69.2 Å². The first-order valence-corrected chi connectivity index (χ1v) is 10.6. The van der Waals surface area contributed by atoms with Crippen LogP contribution < -0.4 is 20.1 Å². The smallest absolute Gasteiger partial charge is 0.191 e. The van der Waals surface area contributed by atoms with Gasteiger partial charge in [-0.25, -0.2) is 0 Å². The molecular weight excluding hydrogens is 481 g/mol. The van der Waals surface area contributed by atoms with Crippen molar-refractivity contribution in [1.29, 1.82) is 0 Å². The average Bonchev–Trinajstić information content (AvgIpc) is 2.70. The van der Waals surface area contributed by atoms with Crippen LogP contribution in [0.2, 0.25) is 0 Å². The Morgan fingerprint density at radius 1 is 1.14 bits per heavy atom. The predicted molar refractivity (Wildman–Crippen MR) is 132 cm³/mol. The van der Waals surface area contributed by atoms with E-state index in [0.29, 0.717) is 12.5 Å². The molecule has 0 aliphatic rings. The van der Waals surface area contributed by atoms with Crippen LogP contribution >= 0.6 is 24.0 Å². The molecule has 1 rings (SSSR count). The zero-order chi connectivity index (χ0) is 20.6. The molecule has 3 N–H and O–H groups in total. The number of aryl methyl sites for hydroxylation is 1. The second-order valence-electron chi connectivity index (χ2n) is 6.84. The number of benzene rings is 1. The average molecular weight is 521 g/mol. The summed E-state index contributed by atoms with van der Waals surface area (Å²) in [7, 11) is 1.66. The summed E-state index contributed by atoms with van der Waals surface area (Å²) in [6.45, 7) is 9.51. The van der Waals surface area contributed by atoms with Gasteiger partial charge < -0.3 is 25.2 Å². The highest BCUT2D eigenvalue weighted by Gasteiger charge is 2.08. The van der Waals surface area contributed by atoms with Gasteiger partial charge in [-0.05, 0) is 63.1 Å². The quantitative estimate of drug-likeness (QED) is 0.149. The highest BCUT2D eigenvalue weighted by atomic mass is 127. The van der Waals surface area contributed by atoms with Gasteiger partial charge in [0.1, 0.15) is 0 Å². The number of ether oxygens (including phenoxy) is 2. The summed E-state index contributed by atoms with van der Waals surface area (Å²) in [6.07, 6.45) is 4.99. The monoisotopic (exact) mass is 521 g/mol. The summed E-state index contributed by atoms with van der Waals surface area (Å²) < 4.78 is 11.0. The molecule has 0 aliphatic carbocycles. The topological polar surface area (TPSA) is 75.1 Å². The number of nitrogens with zero attached hydrogens (tertiary/aromatic N) is 1. The molecule has 0 spiro atoms. The van der Waals surface area contributed by atoms with E-state index in [4.69, 9.17) is 14.5 Å². The van der Waals surface area contributed by atoms with Crippen molar-refractivity contribution in [2.75, 3.05) is 40.0 Å². The fourth-order valence-corrected chi connectivity index (χ4v) is 3.12. The molecule has 0 bridgehead atoms. The van der Waals surface area contributed by atoms with Crippen LogP contribution in [0.4, 0.5) is 0 Å². The molecule has 1 unspecified atom stereocenters. The molecule has 0 radical (unpaired) electrons. The number of aliphatic hydroxyl groups excluding tert-OH is 1. The Bertz CT molecular complexity index is 564. The van der Waals surface area contributed by atoms with Crippen molar-refractivity contribution in [3.8, 4) is 11.5 Å². The first kappa shape index (κ1) is 27.8. The number of aliphatic imine (C=N–C) groups is 1. The molecule has 0 aromatic heterocycles. The van der Waals surface area contributed by atoms with Crippen LogP contribution in [0, 0.1) is 5.92 Å². The maximum absolute atomic E-state index is 9.20. The molecule has 29 heavy (non-hydrogen) atoms. The van der Waals surface area contributed by atoms with E-state index in [2.05, 4.69) is 36.6 Å². The van der Waals surface area contributed by atoms with Gasteiger partial charge in [-0.2, -0.15) is 0 Å². The predicted octanol–water partition coefficient (Wildman–Crippen LogP) is 4.00. The maximum Gasteiger partial charge on any atom is 0.191 e. The van der Waals surface area contributed by atoms with E-state index in [1.165, 1.54) is 5.56 Å². The van der Waals surface area contributed by atoms with Crippen molar-refractivity contribution < 1.29 is 14.6 Å². The van der Waals surface area contributed by atoms with Crippen molar-refractivity contribution in [1.82, 2.24) is 10.6 Å². The highest BCUT2D eigenvalue weighted by Crippen LogP contribution is 2.28. The fraction of sp³-hybridized carbons (Fsp3) is 0.682. The molecule has 0 aliphatic heterocycles. The highest BCUT2D eigenvalue weighted by molar-refractivity contribution is 14.0. The van der Waals surface area contributed by atoms with Gasteiger partial charge in [-0.15, -0.1) is 24.0 Å². The molecule has 1 aromatic rings. The van der Waals surface area contributed by atoms with E-state index in [1.807, 2.05) is 13.0 Å². The molecule has 0 saturated heterocycles. The van der Waals surface area contributed by atoms with Crippen molar-refractivity contribution >= 4 is 29.9 Å². The Morgan fingerprint density at radius 3 is 2.55 bits per heavy atom. The number of hydrogen-bond donors (Lipinski definition) is 3. The van der Waals surface area contributed by atoms with Crippen LogP contribution in [0.15, 0.2) is 23.2 Å². The Hall–Kier alpha value is -1.22. The molecule has 0 fully saturated rings. The van der Waals surface area contributed by atoms with Crippen molar-refractivity contribution in [2.24, 2.45) is 10.9 Å². The molecule has 0 amide bonds. The molecule has 7 heteroatoms. The third kappa shape index (κ3) is 11.5. The lowest BCUT2D eigenvalue weighted by Crippen LogP contribution is -2.38. The van der Waals surface area contributed by atoms with Gasteiger partial charge in [0.15, 0.2) is 17.5 Å². The second kappa shape index (κ2) is 17.6. The standard InChI is InChI=1S/C22H39N3O3.HI/c1-5-9-19(13-15-26)17-25-22(23-6-2)24-14-8-10-18-11-12-20(27-4)21(16-18)28-7-3;/h11-12,16,19,26H,5-10,13-15,17H2,1-4H3,(H2,23,24,25);1H. The first-order valence-electron chi connectivity index (χ1n) is 10.6. The van der Waals surface area contributed by atoms with Crippen LogP contribution in [0.3, 0.4) is 0 Å². The van der Waals surface area contributed by atoms with E-state index in [1.54, 1.807) is 7.11 Å². The lowest BCUT2D eigenvalue weighted by Gasteiger charge is -2.15. The molecule has 168 valence electrons. The van der Waals surface area contributed by atoms with Gasteiger partial charge in [0, 0.05) is 26.2 Å². The number of halogens is 1. The van der Waals surface area contributed by atoms with Crippen LogP contribution in [0.1, 0.15) is 52.0 Å². The minimum Gasteiger partial charge on any atom is -0.493 e. The van der Waals surface area contributed by atoms with E-state index in [-0.39, 0.29) is 30.6 Å². The molecular formula is C22H40IN3O3. The van der Waals surface area contributed by atoms with Crippen LogP contribution in [-0.4, -0.2) is 51.0 Å². The van der Waals surface area contributed by atoms with Crippen molar-refractivity contribution in [3.05, 3.63) is 23.8 Å².